The lowest BCUT2D eigenvalue weighted by atomic mass is 10.0. The highest BCUT2D eigenvalue weighted by Crippen LogP contribution is 2.48. The zero-order chi connectivity index (χ0) is 21.1. The number of likely N-dealkylation sites (tertiary alicyclic amines) is 1. The molecule has 7 heteroatoms. The molecule has 0 aromatic heterocycles. The number of carbonyl (C=O) groups is 2. The summed E-state index contributed by atoms with van der Waals surface area (Å²) in [6.07, 6.45) is 2.42. The Hall–Kier alpha value is -2.24. The Morgan fingerprint density at radius 3 is 2.20 bits per heavy atom. The van der Waals surface area contributed by atoms with Crippen LogP contribution in [0.4, 0.5) is 0 Å². The highest BCUT2D eigenvalue weighted by atomic mass is 35.5. The first-order chi connectivity index (χ1) is 14.5. The van der Waals surface area contributed by atoms with Crippen molar-refractivity contribution >= 4 is 35.0 Å². The fourth-order valence-corrected chi connectivity index (χ4v) is 4.23. The maximum absolute atomic E-state index is 12.8. The van der Waals surface area contributed by atoms with E-state index in [1.165, 1.54) is 5.56 Å². The Kier molecular flexibility index (Phi) is 6.49. The molecule has 2 aliphatic rings. The van der Waals surface area contributed by atoms with Gasteiger partial charge in [-0.2, -0.15) is 0 Å². The molecule has 1 heterocycles. The number of carbonyl (C=O) groups excluding carboxylic acids is 2. The van der Waals surface area contributed by atoms with E-state index in [4.69, 9.17) is 27.9 Å². The average Bonchev–Trinajstić information content (AvgIpc) is 3.55. The predicted octanol–water partition coefficient (Wildman–Crippen LogP) is 4.28. The van der Waals surface area contributed by atoms with Gasteiger partial charge in [-0.25, -0.2) is 0 Å². The molecule has 5 nitrogen and oxygen atoms in total. The van der Waals surface area contributed by atoms with Crippen molar-refractivity contribution in [3.63, 3.8) is 0 Å². The molecule has 30 heavy (non-hydrogen) atoms. The van der Waals surface area contributed by atoms with Crippen LogP contribution in [0, 0.1) is 5.92 Å². The van der Waals surface area contributed by atoms with E-state index in [9.17, 15) is 9.59 Å². The third kappa shape index (κ3) is 5.27. The summed E-state index contributed by atoms with van der Waals surface area (Å²) < 4.78 is 5.48. The maximum atomic E-state index is 12.8. The molecule has 2 fully saturated rings. The summed E-state index contributed by atoms with van der Waals surface area (Å²) >= 11 is 11.8. The molecule has 2 aromatic rings. The van der Waals surface area contributed by atoms with E-state index in [-0.39, 0.29) is 30.4 Å². The van der Waals surface area contributed by atoms with Gasteiger partial charge in [0, 0.05) is 35.1 Å². The maximum Gasteiger partial charge on any atom is 0.258 e. The molecule has 2 amide bonds. The van der Waals surface area contributed by atoms with Crippen molar-refractivity contribution < 1.29 is 14.3 Å². The summed E-state index contributed by atoms with van der Waals surface area (Å²) in [7, 11) is 0. The molecule has 2 atom stereocenters. The lowest BCUT2D eigenvalue weighted by molar-refractivity contribution is -0.134. The number of ether oxygens (including phenoxy) is 1. The van der Waals surface area contributed by atoms with Crippen molar-refractivity contribution in [3.05, 3.63) is 64.1 Å². The molecule has 4 rings (SSSR count). The Labute approximate surface area is 186 Å². The molecule has 1 aliphatic heterocycles. The minimum absolute atomic E-state index is 0.0361. The largest absolute Gasteiger partial charge is 0.484 e. The summed E-state index contributed by atoms with van der Waals surface area (Å²) in [6, 6.07) is 14.7. The Bertz CT molecular complexity index is 894. The molecule has 1 saturated heterocycles. The molecule has 1 aliphatic carbocycles. The van der Waals surface area contributed by atoms with E-state index >= 15 is 0 Å². The fraction of sp³-hybridized carbons (Fsp3) is 0.391. The first kappa shape index (κ1) is 21.0. The summed E-state index contributed by atoms with van der Waals surface area (Å²) in [5.41, 5.74) is 1.18. The van der Waals surface area contributed by atoms with Crippen LogP contribution >= 0.6 is 23.2 Å². The van der Waals surface area contributed by atoms with E-state index in [1.54, 1.807) is 24.3 Å². The SMILES string of the molecule is O=C(COc1ccc(Cl)cc1)NC1CCN(C(=O)C2CC2c2ccc(Cl)cc2)CC1. The molecule has 1 saturated carbocycles. The second-order valence-electron chi connectivity index (χ2n) is 7.91. The summed E-state index contributed by atoms with van der Waals surface area (Å²) in [5.74, 6) is 1.06. The van der Waals surface area contributed by atoms with Crippen molar-refractivity contribution in [2.24, 2.45) is 5.92 Å². The van der Waals surface area contributed by atoms with Gasteiger partial charge in [0.25, 0.3) is 5.91 Å². The summed E-state index contributed by atoms with van der Waals surface area (Å²) in [4.78, 5) is 26.9. The number of halogens is 2. The summed E-state index contributed by atoms with van der Waals surface area (Å²) in [6.45, 7) is 1.31. The van der Waals surface area contributed by atoms with E-state index in [2.05, 4.69) is 5.32 Å². The van der Waals surface area contributed by atoms with Gasteiger partial charge in [0.2, 0.25) is 5.91 Å². The number of nitrogens with zero attached hydrogens (tertiary/aromatic N) is 1. The number of benzene rings is 2. The van der Waals surface area contributed by atoms with E-state index < -0.39 is 0 Å². The van der Waals surface area contributed by atoms with Crippen LogP contribution in [0.3, 0.4) is 0 Å². The van der Waals surface area contributed by atoms with Gasteiger partial charge >= 0.3 is 0 Å². The second-order valence-corrected chi connectivity index (χ2v) is 8.78. The van der Waals surface area contributed by atoms with Gasteiger partial charge in [-0.3, -0.25) is 9.59 Å². The second kappa shape index (κ2) is 9.27. The van der Waals surface area contributed by atoms with Gasteiger partial charge in [-0.1, -0.05) is 35.3 Å². The van der Waals surface area contributed by atoms with E-state index in [0.717, 1.165) is 19.3 Å². The van der Waals surface area contributed by atoms with Crippen LogP contribution in [-0.4, -0.2) is 42.5 Å². The minimum atomic E-state index is -0.153. The average molecular weight is 447 g/mol. The molecule has 2 unspecified atom stereocenters. The van der Waals surface area contributed by atoms with Crippen molar-refractivity contribution in [1.82, 2.24) is 10.2 Å². The Morgan fingerprint density at radius 2 is 1.57 bits per heavy atom. The highest BCUT2D eigenvalue weighted by molar-refractivity contribution is 6.30. The number of rotatable bonds is 6. The number of piperidine rings is 1. The molecular formula is C23H24Cl2N2O3. The first-order valence-corrected chi connectivity index (χ1v) is 11.0. The van der Waals surface area contributed by atoms with Crippen LogP contribution in [0.5, 0.6) is 5.75 Å². The topological polar surface area (TPSA) is 58.6 Å². The third-order valence-electron chi connectivity index (χ3n) is 5.76. The predicted molar refractivity (Wildman–Crippen MR) is 117 cm³/mol. The Balaban J connectivity index is 1.18. The van der Waals surface area contributed by atoms with Gasteiger partial charge in [-0.15, -0.1) is 0 Å². The lowest BCUT2D eigenvalue weighted by Crippen LogP contribution is -2.48. The Morgan fingerprint density at radius 1 is 0.967 bits per heavy atom. The molecular weight excluding hydrogens is 423 g/mol. The van der Waals surface area contributed by atoms with Crippen LogP contribution < -0.4 is 10.1 Å². The minimum Gasteiger partial charge on any atom is -0.484 e. The third-order valence-corrected chi connectivity index (χ3v) is 6.27. The van der Waals surface area contributed by atoms with Crippen LogP contribution in [0.15, 0.2) is 48.5 Å². The van der Waals surface area contributed by atoms with Gasteiger partial charge < -0.3 is 15.0 Å². The number of nitrogens with one attached hydrogen (secondary N) is 1. The van der Waals surface area contributed by atoms with Crippen LogP contribution in [0.25, 0.3) is 0 Å². The number of hydrogen-bond acceptors (Lipinski definition) is 3. The monoisotopic (exact) mass is 446 g/mol. The van der Waals surface area contributed by atoms with Crippen LogP contribution in [0.1, 0.15) is 30.7 Å². The summed E-state index contributed by atoms with van der Waals surface area (Å²) in [5, 5.41) is 4.34. The normalized spacial score (nSPS) is 21.2. The molecule has 1 N–H and O–H groups in total. The van der Waals surface area contributed by atoms with Gasteiger partial charge in [0.15, 0.2) is 6.61 Å². The molecule has 0 radical (unpaired) electrons. The van der Waals surface area contributed by atoms with Gasteiger partial charge in [0.1, 0.15) is 5.75 Å². The quantitative estimate of drug-likeness (QED) is 0.719. The van der Waals surface area contributed by atoms with Crippen molar-refractivity contribution in [2.75, 3.05) is 19.7 Å². The van der Waals surface area contributed by atoms with Crippen molar-refractivity contribution in [2.45, 2.75) is 31.2 Å². The van der Waals surface area contributed by atoms with Crippen LogP contribution in [-0.2, 0) is 9.59 Å². The number of amides is 2. The molecule has 0 spiro atoms. The van der Waals surface area contributed by atoms with E-state index in [0.29, 0.717) is 34.8 Å². The van der Waals surface area contributed by atoms with Gasteiger partial charge in [0.05, 0.1) is 0 Å². The molecule has 0 bridgehead atoms. The molecule has 2 aromatic carbocycles. The zero-order valence-corrected chi connectivity index (χ0v) is 18.0. The van der Waals surface area contributed by atoms with Crippen molar-refractivity contribution in [3.8, 4) is 5.75 Å². The van der Waals surface area contributed by atoms with E-state index in [1.807, 2.05) is 29.2 Å². The van der Waals surface area contributed by atoms with Gasteiger partial charge in [-0.05, 0) is 67.1 Å². The highest BCUT2D eigenvalue weighted by Gasteiger charge is 2.46. The smallest absolute Gasteiger partial charge is 0.258 e. The standard InChI is InChI=1S/C23H24Cl2N2O3/c24-16-3-1-15(2-4-16)20-13-21(20)23(29)27-11-9-18(10-12-27)26-22(28)14-30-19-7-5-17(25)6-8-19/h1-8,18,20-21H,9-14H2,(H,26,28). The number of hydrogen-bond donors (Lipinski definition) is 1. The first-order valence-electron chi connectivity index (χ1n) is 10.2. The van der Waals surface area contributed by atoms with Crippen molar-refractivity contribution in [1.29, 1.82) is 0 Å². The van der Waals surface area contributed by atoms with Crippen LogP contribution in [0.2, 0.25) is 10.0 Å². The lowest BCUT2D eigenvalue weighted by Gasteiger charge is -2.32. The fourth-order valence-electron chi connectivity index (χ4n) is 3.97. The molecule has 158 valence electrons. The zero-order valence-electron chi connectivity index (χ0n) is 16.5.